The summed E-state index contributed by atoms with van der Waals surface area (Å²) in [6.07, 6.45) is 2.36. The molecule has 6 heterocycles. The Morgan fingerprint density at radius 1 is 0.533 bits per heavy atom. The van der Waals surface area contributed by atoms with Crippen LogP contribution in [0.3, 0.4) is 0 Å². The minimum Gasteiger partial charge on any atom is -0.456 e. The Hall–Kier alpha value is -7.54. The normalized spacial score (nSPS) is 16.8. The average Bonchev–Trinajstić information content (AvgIpc) is 4.39. The van der Waals surface area contributed by atoms with Crippen molar-refractivity contribution in [2.75, 3.05) is 4.81 Å². The van der Waals surface area contributed by atoms with E-state index in [1.807, 2.05) is 11.3 Å². The van der Waals surface area contributed by atoms with Crippen LogP contribution in [0.25, 0.3) is 114 Å². The highest BCUT2D eigenvalue weighted by molar-refractivity contribution is 7.26. The molecule has 13 aromatic rings. The van der Waals surface area contributed by atoms with Crippen LogP contribution in [0, 0.1) is 0 Å². The van der Waals surface area contributed by atoms with E-state index in [1.54, 1.807) is 0 Å². The van der Waals surface area contributed by atoms with Crippen molar-refractivity contribution in [1.29, 1.82) is 0 Å². The maximum absolute atomic E-state index is 7.53. The quantitative estimate of drug-likeness (QED) is 0.154. The van der Waals surface area contributed by atoms with Crippen molar-refractivity contribution in [3.8, 4) is 27.9 Å². The zero-order valence-corrected chi connectivity index (χ0v) is 44.8. The molecule has 2 aliphatic carbocycles. The number of rotatable bonds is 1. The van der Waals surface area contributed by atoms with E-state index in [1.165, 1.54) is 133 Å². The Bertz CT molecular complexity index is 4790. The predicted molar refractivity (Wildman–Crippen MR) is 319 cm³/mol. The number of benzene rings is 9. The SMILES string of the molecule is CC(C)(C)c1ccc(N2B3c4cc5oc6ccccc6c5cc4-n4c5ccc6c(c5c5c7c(oc8ccccc87)c(c3c54)-c3cc4c(cc32)sc2cc3c(cc24)C(C)(C)CCC3(C)C)C(C)(C)c2ccccc2-6)cc1. The maximum atomic E-state index is 7.53. The number of para-hydroxylation sites is 2. The largest absolute Gasteiger partial charge is 0.456 e. The van der Waals surface area contributed by atoms with E-state index in [9.17, 15) is 0 Å². The van der Waals surface area contributed by atoms with Crippen LogP contribution in [0.2, 0.25) is 0 Å². The molecule has 2 aliphatic heterocycles. The van der Waals surface area contributed by atoms with Gasteiger partial charge in [0.05, 0.1) is 11.0 Å². The fourth-order valence-corrected chi connectivity index (χ4v) is 16.2. The molecule has 17 rings (SSSR count). The van der Waals surface area contributed by atoms with Crippen molar-refractivity contribution >= 4 is 126 Å². The number of hydrogen-bond acceptors (Lipinski definition) is 4. The second-order valence-electron chi connectivity index (χ2n) is 25.4. The molecule has 0 atom stereocenters. The Labute approximate surface area is 440 Å². The fraction of sp³-hybridized carbons (Fsp3) is 0.217. The van der Waals surface area contributed by atoms with Crippen LogP contribution < -0.4 is 15.7 Å². The molecule has 0 unspecified atom stereocenters. The number of thiophene rings is 1. The van der Waals surface area contributed by atoms with Crippen molar-refractivity contribution in [2.24, 2.45) is 0 Å². The number of hydrogen-bond donors (Lipinski definition) is 0. The van der Waals surface area contributed by atoms with E-state index in [-0.39, 0.29) is 28.5 Å². The molecule has 0 spiro atoms. The van der Waals surface area contributed by atoms with Crippen LogP contribution in [0.4, 0.5) is 11.4 Å². The summed E-state index contributed by atoms with van der Waals surface area (Å²) in [5.41, 5.74) is 24.2. The summed E-state index contributed by atoms with van der Waals surface area (Å²) in [5.74, 6) is 0. The summed E-state index contributed by atoms with van der Waals surface area (Å²) in [6, 6.07) is 55.9. The van der Waals surface area contributed by atoms with Crippen molar-refractivity contribution in [1.82, 2.24) is 4.57 Å². The fourth-order valence-electron chi connectivity index (χ4n) is 15.1. The van der Waals surface area contributed by atoms with E-state index < -0.39 is 0 Å². The standard InChI is InChI=1S/C69H55BN2O2S/c1-66(2,3)36-22-24-37(25-23-36)72-51-35-57-43(44-31-47-48(33-56(44)75-57)68(6,7)29-28-67(47,4)5)30-45(51)59-63-64-61(58-41-18-12-15-21-54(41)74-65(58)59)60-50(27-26-40-38-16-10-13-19-46(38)69(8,9)62(40)60)71(64)52-32-42-39-17-11-14-20-53(39)73-55(42)34-49(52)70(63)72/h10-27,30-35H,28-29H2,1-9H3. The van der Waals surface area contributed by atoms with Gasteiger partial charge in [-0.05, 0) is 146 Å². The molecule has 4 aromatic heterocycles. The molecule has 0 saturated heterocycles. The van der Waals surface area contributed by atoms with E-state index in [0.717, 1.165) is 44.2 Å². The van der Waals surface area contributed by atoms with Crippen molar-refractivity contribution in [2.45, 2.75) is 96.8 Å². The summed E-state index contributed by atoms with van der Waals surface area (Å²) in [5, 5.41) is 9.86. The smallest absolute Gasteiger partial charge is 0.333 e. The molecule has 0 amide bonds. The van der Waals surface area contributed by atoms with Crippen molar-refractivity contribution < 1.29 is 8.83 Å². The van der Waals surface area contributed by atoms with Gasteiger partial charge in [-0.2, -0.15) is 0 Å². The van der Waals surface area contributed by atoms with E-state index in [4.69, 9.17) is 8.83 Å². The van der Waals surface area contributed by atoms with Crippen LogP contribution in [0.5, 0.6) is 0 Å². The molecule has 0 N–H and O–H groups in total. The first kappa shape index (κ1) is 42.8. The lowest BCUT2D eigenvalue weighted by Crippen LogP contribution is -2.60. The highest BCUT2D eigenvalue weighted by atomic mass is 32.1. The molecular formula is C69H55BN2O2S. The van der Waals surface area contributed by atoms with Crippen LogP contribution in [0.1, 0.15) is 103 Å². The zero-order valence-electron chi connectivity index (χ0n) is 44.0. The summed E-state index contributed by atoms with van der Waals surface area (Å²) in [6.45, 7) is 21.4. The topological polar surface area (TPSA) is 34.5 Å². The molecule has 75 heavy (non-hydrogen) atoms. The number of fused-ring (bicyclic) bond motifs is 24. The van der Waals surface area contributed by atoms with Gasteiger partial charge in [0, 0.05) is 86.1 Å². The molecular weight excluding hydrogens is 932 g/mol. The van der Waals surface area contributed by atoms with Gasteiger partial charge in [0.15, 0.2) is 0 Å². The van der Waals surface area contributed by atoms with Gasteiger partial charge in [0.2, 0.25) is 0 Å². The first-order valence-corrected chi connectivity index (χ1v) is 27.9. The number of nitrogens with zero attached hydrogens (tertiary/aromatic N) is 2. The maximum Gasteiger partial charge on any atom is 0.333 e. The number of furan rings is 2. The Morgan fingerprint density at radius 2 is 1.21 bits per heavy atom. The van der Waals surface area contributed by atoms with Gasteiger partial charge in [0.1, 0.15) is 22.3 Å². The van der Waals surface area contributed by atoms with Gasteiger partial charge in [-0.1, -0.05) is 141 Å². The van der Waals surface area contributed by atoms with Crippen LogP contribution >= 0.6 is 11.3 Å². The van der Waals surface area contributed by atoms with Gasteiger partial charge in [-0.15, -0.1) is 11.3 Å². The van der Waals surface area contributed by atoms with E-state index in [0.29, 0.717) is 0 Å². The van der Waals surface area contributed by atoms with E-state index in [2.05, 4.69) is 217 Å². The third-order valence-corrected chi connectivity index (χ3v) is 20.1. The monoisotopic (exact) mass is 986 g/mol. The molecule has 4 aliphatic rings. The van der Waals surface area contributed by atoms with Crippen LogP contribution in [0.15, 0.2) is 154 Å². The lowest BCUT2D eigenvalue weighted by atomic mass is 9.43. The highest BCUT2D eigenvalue weighted by Crippen LogP contribution is 2.58. The first-order valence-electron chi connectivity index (χ1n) is 27.1. The lowest BCUT2D eigenvalue weighted by Gasteiger charge is -2.42. The number of aromatic nitrogens is 1. The molecule has 362 valence electrons. The summed E-state index contributed by atoms with van der Waals surface area (Å²) < 4.78 is 19.8. The van der Waals surface area contributed by atoms with Gasteiger partial charge in [-0.3, -0.25) is 0 Å². The third kappa shape index (κ3) is 5.25. The Morgan fingerprint density at radius 3 is 1.99 bits per heavy atom. The zero-order chi connectivity index (χ0) is 50.6. The Balaban J connectivity index is 1.10. The highest BCUT2D eigenvalue weighted by Gasteiger charge is 2.48. The molecule has 0 bridgehead atoms. The molecule has 9 aromatic carbocycles. The Kier molecular flexibility index (Phi) is 7.79. The van der Waals surface area contributed by atoms with E-state index >= 15 is 0 Å². The molecule has 0 radical (unpaired) electrons. The summed E-state index contributed by atoms with van der Waals surface area (Å²) in [7, 11) is 0. The predicted octanol–water partition coefficient (Wildman–Crippen LogP) is 18.1. The lowest BCUT2D eigenvalue weighted by molar-refractivity contribution is 0.332. The molecule has 0 saturated carbocycles. The second-order valence-corrected chi connectivity index (χ2v) is 26.5. The summed E-state index contributed by atoms with van der Waals surface area (Å²) in [4.78, 5) is 2.69. The molecule has 6 heteroatoms. The second kappa shape index (κ2) is 13.6. The van der Waals surface area contributed by atoms with Gasteiger partial charge in [-0.25, -0.2) is 0 Å². The number of anilines is 2. The minimum absolute atomic E-state index is 0.00545. The minimum atomic E-state index is -0.269. The van der Waals surface area contributed by atoms with Crippen LogP contribution in [-0.2, 0) is 21.7 Å². The van der Waals surface area contributed by atoms with Gasteiger partial charge >= 0.3 is 6.85 Å². The van der Waals surface area contributed by atoms with Crippen molar-refractivity contribution in [3.63, 3.8) is 0 Å². The summed E-state index contributed by atoms with van der Waals surface area (Å²) >= 11 is 1.95. The van der Waals surface area contributed by atoms with Crippen LogP contribution in [-0.4, -0.2) is 11.4 Å². The molecule has 4 nitrogen and oxygen atoms in total. The third-order valence-electron chi connectivity index (χ3n) is 18.9. The van der Waals surface area contributed by atoms with Gasteiger partial charge < -0.3 is 18.2 Å². The average molecular weight is 987 g/mol. The van der Waals surface area contributed by atoms with Crippen molar-refractivity contribution in [3.05, 3.63) is 173 Å². The molecule has 0 fully saturated rings. The first-order chi connectivity index (χ1) is 36.1. The van der Waals surface area contributed by atoms with Gasteiger partial charge in [0.25, 0.3) is 0 Å².